The van der Waals surface area contributed by atoms with Crippen molar-refractivity contribution in [1.29, 1.82) is 0 Å². The molecule has 1 aliphatic heterocycles. The average molecular weight is 225 g/mol. The zero-order chi connectivity index (χ0) is 11.5. The molecule has 2 N–H and O–H groups in total. The van der Waals surface area contributed by atoms with Gasteiger partial charge in [0.05, 0.1) is 0 Å². The molecule has 1 aliphatic rings. The zero-order valence-corrected chi connectivity index (χ0v) is 9.24. The number of aliphatic hydroxyl groups excluding tert-OH is 1. The molecular formula is C12H16FNO2. The van der Waals surface area contributed by atoms with Gasteiger partial charge in [0.25, 0.3) is 0 Å². The average Bonchev–Trinajstić information content (AvgIpc) is 2.28. The lowest BCUT2D eigenvalue weighted by Crippen LogP contribution is -2.40. The van der Waals surface area contributed by atoms with Gasteiger partial charge in [-0.3, -0.25) is 0 Å². The Morgan fingerprint density at radius 2 is 2.44 bits per heavy atom. The van der Waals surface area contributed by atoms with Crippen LogP contribution < -0.4 is 10.1 Å². The number of hydrogen-bond donors (Lipinski definition) is 2. The minimum atomic E-state index is -0.525. The van der Waals surface area contributed by atoms with Crippen LogP contribution in [0.25, 0.3) is 0 Å². The first-order chi connectivity index (χ1) is 7.70. The lowest BCUT2D eigenvalue weighted by Gasteiger charge is -2.29. The van der Waals surface area contributed by atoms with Gasteiger partial charge in [0, 0.05) is 6.54 Å². The second-order valence-corrected chi connectivity index (χ2v) is 4.07. The molecule has 0 saturated heterocycles. The SMILES string of the molecule is CNC[C@@H](O)[C@H]1CCc2cc(F)ccc2O1. The number of fused-ring (bicyclic) bond motifs is 1. The number of likely N-dealkylation sites (N-methyl/N-ethyl adjacent to an activating group) is 1. The van der Waals surface area contributed by atoms with Crippen LogP contribution >= 0.6 is 0 Å². The summed E-state index contributed by atoms with van der Waals surface area (Å²) in [6.07, 6.45) is 0.742. The van der Waals surface area contributed by atoms with Crippen LogP contribution in [0.5, 0.6) is 5.75 Å². The van der Waals surface area contributed by atoms with Crippen molar-refractivity contribution in [3.63, 3.8) is 0 Å². The molecule has 0 aromatic heterocycles. The summed E-state index contributed by atoms with van der Waals surface area (Å²) in [5, 5.41) is 12.7. The molecule has 0 fully saturated rings. The van der Waals surface area contributed by atoms with Crippen molar-refractivity contribution in [3.05, 3.63) is 29.6 Å². The molecule has 3 nitrogen and oxygen atoms in total. The second-order valence-electron chi connectivity index (χ2n) is 4.07. The number of aliphatic hydroxyl groups is 1. The smallest absolute Gasteiger partial charge is 0.126 e. The maximum atomic E-state index is 13.0. The normalized spacial score (nSPS) is 21.1. The van der Waals surface area contributed by atoms with E-state index in [9.17, 15) is 9.50 Å². The lowest BCUT2D eigenvalue weighted by molar-refractivity contribution is 0.0255. The fraction of sp³-hybridized carbons (Fsp3) is 0.500. The highest BCUT2D eigenvalue weighted by Crippen LogP contribution is 2.29. The summed E-state index contributed by atoms with van der Waals surface area (Å²) in [6.45, 7) is 0.501. The third kappa shape index (κ3) is 2.33. The van der Waals surface area contributed by atoms with Crippen LogP contribution in [0.1, 0.15) is 12.0 Å². The molecule has 88 valence electrons. The Kier molecular flexibility index (Phi) is 3.41. The van der Waals surface area contributed by atoms with Crippen LogP contribution in [0.15, 0.2) is 18.2 Å². The van der Waals surface area contributed by atoms with Gasteiger partial charge in [-0.2, -0.15) is 0 Å². The van der Waals surface area contributed by atoms with Crippen molar-refractivity contribution < 1.29 is 14.2 Å². The van der Waals surface area contributed by atoms with E-state index in [0.29, 0.717) is 12.3 Å². The topological polar surface area (TPSA) is 41.5 Å². The number of rotatable bonds is 3. The van der Waals surface area contributed by atoms with Crippen LogP contribution in [-0.2, 0) is 6.42 Å². The molecule has 0 bridgehead atoms. The summed E-state index contributed by atoms with van der Waals surface area (Å²) in [7, 11) is 1.79. The van der Waals surface area contributed by atoms with Crippen molar-refractivity contribution in [3.8, 4) is 5.75 Å². The van der Waals surface area contributed by atoms with Gasteiger partial charge in [-0.05, 0) is 43.7 Å². The Morgan fingerprint density at radius 1 is 1.62 bits per heavy atom. The van der Waals surface area contributed by atoms with E-state index >= 15 is 0 Å². The molecule has 0 amide bonds. The molecule has 4 heteroatoms. The molecule has 0 unspecified atom stereocenters. The number of halogens is 1. The Balaban J connectivity index is 2.09. The van der Waals surface area contributed by atoms with Crippen LogP contribution in [-0.4, -0.2) is 30.9 Å². The highest BCUT2D eigenvalue weighted by molar-refractivity contribution is 5.35. The van der Waals surface area contributed by atoms with Crippen molar-refractivity contribution >= 4 is 0 Å². The molecule has 0 aliphatic carbocycles. The summed E-state index contributed by atoms with van der Waals surface area (Å²) in [5.74, 6) is 0.448. The van der Waals surface area contributed by atoms with Gasteiger partial charge in [-0.1, -0.05) is 0 Å². The van der Waals surface area contributed by atoms with Gasteiger partial charge in [0.2, 0.25) is 0 Å². The van der Waals surface area contributed by atoms with E-state index in [1.54, 1.807) is 13.1 Å². The van der Waals surface area contributed by atoms with Crippen LogP contribution in [0, 0.1) is 5.82 Å². The molecule has 1 aromatic carbocycles. The first kappa shape index (κ1) is 11.4. The van der Waals surface area contributed by atoms with E-state index in [1.165, 1.54) is 12.1 Å². The Hall–Kier alpha value is -1.13. The first-order valence-electron chi connectivity index (χ1n) is 5.48. The molecule has 16 heavy (non-hydrogen) atoms. The van der Waals surface area contributed by atoms with Gasteiger partial charge in [0.1, 0.15) is 23.8 Å². The molecule has 1 heterocycles. The van der Waals surface area contributed by atoms with Gasteiger partial charge >= 0.3 is 0 Å². The van der Waals surface area contributed by atoms with E-state index in [1.807, 2.05) is 0 Å². The van der Waals surface area contributed by atoms with Gasteiger partial charge in [0.15, 0.2) is 0 Å². The first-order valence-corrected chi connectivity index (χ1v) is 5.48. The van der Waals surface area contributed by atoms with Crippen LogP contribution in [0.2, 0.25) is 0 Å². The van der Waals surface area contributed by atoms with E-state index in [0.717, 1.165) is 18.4 Å². The van der Waals surface area contributed by atoms with Gasteiger partial charge in [-0.15, -0.1) is 0 Å². The molecule has 2 rings (SSSR count). The van der Waals surface area contributed by atoms with Gasteiger partial charge in [-0.25, -0.2) is 4.39 Å². The van der Waals surface area contributed by atoms with E-state index in [2.05, 4.69) is 5.32 Å². The lowest BCUT2D eigenvalue weighted by atomic mass is 9.99. The summed E-state index contributed by atoms with van der Waals surface area (Å²) >= 11 is 0. The largest absolute Gasteiger partial charge is 0.487 e. The quantitative estimate of drug-likeness (QED) is 0.809. The predicted octanol–water partition coefficient (Wildman–Crippen LogP) is 1.10. The third-order valence-corrected chi connectivity index (χ3v) is 2.84. The highest BCUT2D eigenvalue weighted by atomic mass is 19.1. The number of hydrogen-bond acceptors (Lipinski definition) is 3. The molecule has 2 atom stereocenters. The Bertz CT molecular complexity index is 370. The monoisotopic (exact) mass is 225 g/mol. The molecule has 0 saturated carbocycles. The summed E-state index contributed by atoms with van der Waals surface area (Å²) in [4.78, 5) is 0. The highest BCUT2D eigenvalue weighted by Gasteiger charge is 2.25. The number of aryl methyl sites for hydroxylation is 1. The minimum absolute atomic E-state index is 0.203. The molecule has 0 radical (unpaired) electrons. The molecule has 1 aromatic rings. The van der Waals surface area contributed by atoms with Gasteiger partial charge < -0.3 is 15.2 Å². The van der Waals surface area contributed by atoms with E-state index in [4.69, 9.17) is 4.74 Å². The van der Waals surface area contributed by atoms with Crippen LogP contribution in [0.4, 0.5) is 4.39 Å². The summed E-state index contributed by atoms with van der Waals surface area (Å²) in [6, 6.07) is 4.50. The number of nitrogens with one attached hydrogen (secondary N) is 1. The minimum Gasteiger partial charge on any atom is -0.487 e. The number of ether oxygens (including phenoxy) is 1. The van der Waals surface area contributed by atoms with Crippen molar-refractivity contribution in [2.24, 2.45) is 0 Å². The Morgan fingerprint density at radius 3 is 3.19 bits per heavy atom. The number of benzene rings is 1. The van der Waals surface area contributed by atoms with E-state index < -0.39 is 6.10 Å². The maximum absolute atomic E-state index is 13.0. The maximum Gasteiger partial charge on any atom is 0.126 e. The Labute approximate surface area is 94.2 Å². The third-order valence-electron chi connectivity index (χ3n) is 2.84. The molecular weight excluding hydrogens is 209 g/mol. The predicted molar refractivity (Wildman–Crippen MR) is 59.1 cm³/mol. The van der Waals surface area contributed by atoms with Crippen molar-refractivity contribution in [1.82, 2.24) is 5.32 Å². The fourth-order valence-corrected chi connectivity index (χ4v) is 1.99. The fourth-order valence-electron chi connectivity index (χ4n) is 1.99. The van der Waals surface area contributed by atoms with E-state index in [-0.39, 0.29) is 11.9 Å². The summed E-state index contributed by atoms with van der Waals surface area (Å²) in [5.41, 5.74) is 0.882. The standard InChI is InChI=1S/C12H16FNO2/c1-14-7-10(15)12-4-2-8-6-9(13)3-5-11(8)16-12/h3,5-6,10,12,14-15H,2,4,7H2,1H3/t10-,12-/m1/s1. The zero-order valence-electron chi connectivity index (χ0n) is 9.24. The summed E-state index contributed by atoms with van der Waals surface area (Å²) < 4.78 is 18.6. The van der Waals surface area contributed by atoms with Crippen molar-refractivity contribution in [2.75, 3.05) is 13.6 Å². The van der Waals surface area contributed by atoms with Crippen molar-refractivity contribution in [2.45, 2.75) is 25.0 Å². The van der Waals surface area contributed by atoms with Crippen LogP contribution in [0.3, 0.4) is 0 Å². The molecule has 0 spiro atoms. The second kappa shape index (κ2) is 4.80.